The Morgan fingerprint density at radius 2 is 1.95 bits per heavy atom. The first-order valence-electron chi connectivity index (χ1n) is 6.74. The van der Waals surface area contributed by atoms with Crippen LogP contribution in [-0.4, -0.2) is 31.7 Å². The molecule has 0 N–H and O–H groups in total. The monoisotopic (exact) mass is 286 g/mol. The number of carbonyl (C=O) groups excluding carboxylic acids is 1. The van der Waals surface area contributed by atoms with Gasteiger partial charge in [0, 0.05) is 12.2 Å². The van der Waals surface area contributed by atoms with E-state index in [1.165, 1.54) is 6.07 Å². The topological polar surface area (TPSA) is 35.5 Å². The Morgan fingerprint density at radius 3 is 2.60 bits per heavy atom. The molecule has 0 aliphatic rings. The number of halogens is 2. The fourth-order valence-electron chi connectivity index (χ4n) is 1.59. The fraction of sp³-hybridized carbons (Fsp3) is 0.533. The molecule has 20 heavy (non-hydrogen) atoms. The van der Waals surface area contributed by atoms with Gasteiger partial charge in [0.2, 0.25) is 0 Å². The van der Waals surface area contributed by atoms with Crippen LogP contribution in [0.4, 0.5) is 8.78 Å². The van der Waals surface area contributed by atoms with Gasteiger partial charge in [0.25, 0.3) is 0 Å². The average Bonchev–Trinajstić information content (AvgIpc) is 2.44. The van der Waals surface area contributed by atoms with Crippen molar-refractivity contribution in [1.82, 2.24) is 0 Å². The highest BCUT2D eigenvalue weighted by molar-refractivity contribution is 5.99. The summed E-state index contributed by atoms with van der Waals surface area (Å²) in [6, 6.07) is 3.07. The summed E-state index contributed by atoms with van der Waals surface area (Å²) in [6.07, 6.45) is 1.34. The summed E-state index contributed by atoms with van der Waals surface area (Å²) < 4.78 is 36.4. The number of benzene rings is 1. The molecule has 0 fully saturated rings. The van der Waals surface area contributed by atoms with E-state index in [0.29, 0.717) is 19.8 Å². The molecule has 1 rings (SSSR count). The minimum absolute atomic E-state index is 0.100. The standard InChI is InChI=1S/C15H20F2O3/c1-3-4-7-19-8-9-20-11(2)15(18)12-5-6-13(16)14(17)10-12/h5-6,10-11H,3-4,7-9H2,1-2H3. The van der Waals surface area contributed by atoms with Crippen molar-refractivity contribution in [2.45, 2.75) is 32.8 Å². The second kappa shape index (κ2) is 8.76. The van der Waals surface area contributed by atoms with Gasteiger partial charge in [0.1, 0.15) is 6.10 Å². The highest BCUT2D eigenvalue weighted by Crippen LogP contribution is 2.12. The van der Waals surface area contributed by atoms with Crippen LogP contribution < -0.4 is 0 Å². The van der Waals surface area contributed by atoms with Gasteiger partial charge in [-0.15, -0.1) is 0 Å². The van der Waals surface area contributed by atoms with Crippen molar-refractivity contribution in [2.75, 3.05) is 19.8 Å². The van der Waals surface area contributed by atoms with Crippen LogP contribution >= 0.6 is 0 Å². The lowest BCUT2D eigenvalue weighted by Gasteiger charge is -2.12. The van der Waals surface area contributed by atoms with Crippen molar-refractivity contribution in [3.8, 4) is 0 Å². The number of carbonyl (C=O) groups is 1. The number of hydrogen-bond donors (Lipinski definition) is 0. The number of Topliss-reactive ketones (excluding diaryl/α,β-unsaturated/α-hetero) is 1. The third-order valence-electron chi connectivity index (χ3n) is 2.81. The van der Waals surface area contributed by atoms with Gasteiger partial charge in [-0.3, -0.25) is 4.79 Å². The van der Waals surface area contributed by atoms with Gasteiger partial charge in [0.15, 0.2) is 17.4 Å². The van der Waals surface area contributed by atoms with Crippen LogP contribution in [0.15, 0.2) is 18.2 Å². The van der Waals surface area contributed by atoms with Crippen LogP contribution in [-0.2, 0) is 9.47 Å². The third-order valence-corrected chi connectivity index (χ3v) is 2.81. The zero-order valence-corrected chi connectivity index (χ0v) is 11.8. The average molecular weight is 286 g/mol. The SMILES string of the molecule is CCCCOCCOC(C)C(=O)c1ccc(F)c(F)c1. The quantitative estimate of drug-likeness (QED) is 0.516. The Kier molecular flexibility index (Phi) is 7.33. The summed E-state index contributed by atoms with van der Waals surface area (Å²) >= 11 is 0. The number of hydrogen-bond acceptors (Lipinski definition) is 3. The van der Waals surface area contributed by atoms with Gasteiger partial charge in [0.05, 0.1) is 13.2 Å². The lowest BCUT2D eigenvalue weighted by Crippen LogP contribution is -2.23. The van der Waals surface area contributed by atoms with Crippen molar-refractivity contribution in [1.29, 1.82) is 0 Å². The maximum absolute atomic E-state index is 13.0. The molecule has 0 bridgehead atoms. The van der Waals surface area contributed by atoms with E-state index in [-0.39, 0.29) is 11.3 Å². The smallest absolute Gasteiger partial charge is 0.191 e. The van der Waals surface area contributed by atoms with E-state index >= 15 is 0 Å². The van der Waals surface area contributed by atoms with Crippen LogP contribution in [0.5, 0.6) is 0 Å². The van der Waals surface area contributed by atoms with Gasteiger partial charge in [-0.2, -0.15) is 0 Å². The van der Waals surface area contributed by atoms with Crippen molar-refractivity contribution < 1.29 is 23.0 Å². The second-order valence-electron chi connectivity index (χ2n) is 4.47. The summed E-state index contributed by atoms with van der Waals surface area (Å²) in [4.78, 5) is 11.9. The van der Waals surface area contributed by atoms with Gasteiger partial charge in [-0.1, -0.05) is 13.3 Å². The maximum Gasteiger partial charge on any atom is 0.191 e. The van der Waals surface area contributed by atoms with E-state index in [1.54, 1.807) is 6.92 Å². The molecule has 0 saturated heterocycles. The van der Waals surface area contributed by atoms with E-state index in [0.717, 1.165) is 25.0 Å². The Bertz CT molecular complexity index is 435. The lowest BCUT2D eigenvalue weighted by atomic mass is 10.1. The van der Waals surface area contributed by atoms with Gasteiger partial charge < -0.3 is 9.47 Å². The summed E-state index contributed by atoms with van der Waals surface area (Å²) in [5.74, 6) is -2.39. The van der Waals surface area contributed by atoms with E-state index in [4.69, 9.17) is 9.47 Å². The molecular formula is C15H20F2O3. The molecule has 1 aromatic carbocycles. The second-order valence-corrected chi connectivity index (χ2v) is 4.47. The molecule has 1 aromatic rings. The highest BCUT2D eigenvalue weighted by Gasteiger charge is 2.17. The van der Waals surface area contributed by atoms with Crippen LogP contribution in [0.3, 0.4) is 0 Å². The minimum atomic E-state index is -1.04. The predicted molar refractivity (Wildman–Crippen MR) is 71.8 cm³/mol. The molecule has 0 spiro atoms. The van der Waals surface area contributed by atoms with E-state index in [9.17, 15) is 13.6 Å². The molecule has 0 radical (unpaired) electrons. The number of unbranched alkanes of at least 4 members (excludes halogenated alkanes) is 1. The Morgan fingerprint density at radius 1 is 1.20 bits per heavy atom. The summed E-state index contributed by atoms with van der Waals surface area (Å²) in [5.41, 5.74) is 0.100. The molecule has 0 saturated carbocycles. The number of rotatable bonds is 9. The van der Waals surface area contributed by atoms with Crippen molar-refractivity contribution in [2.24, 2.45) is 0 Å². The van der Waals surface area contributed by atoms with Gasteiger partial charge in [-0.25, -0.2) is 8.78 Å². The summed E-state index contributed by atoms with van der Waals surface area (Å²) in [6.45, 7) is 5.03. The highest BCUT2D eigenvalue weighted by atomic mass is 19.2. The molecule has 0 aliphatic carbocycles. The Hall–Kier alpha value is -1.33. The summed E-state index contributed by atoms with van der Waals surface area (Å²) in [7, 11) is 0. The molecule has 0 aliphatic heterocycles. The molecular weight excluding hydrogens is 266 g/mol. The number of ketones is 1. The van der Waals surface area contributed by atoms with E-state index < -0.39 is 17.7 Å². The van der Waals surface area contributed by atoms with Gasteiger partial charge >= 0.3 is 0 Å². The predicted octanol–water partition coefficient (Wildman–Crippen LogP) is 3.37. The van der Waals surface area contributed by atoms with Gasteiger partial charge in [-0.05, 0) is 31.5 Å². The summed E-state index contributed by atoms with van der Waals surface area (Å²) in [5, 5.41) is 0. The normalized spacial score (nSPS) is 12.4. The molecule has 1 atom stereocenters. The lowest BCUT2D eigenvalue weighted by molar-refractivity contribution is 0.0144. The third kappa shape index (κ3) is 5.35. The van der Waals surface area contributed by atoms with Crippen molar-refractivity contribution >= 4 is 5.78 Å². The fourth-order valence-corrected chi connectivity index (χ4v) is 1.59. The molecule has 3 nitrogen and oxygen atoms in total. The van der Waals surface area contributed by atoms with Crippen LogP contribution in [0.2, 0.25) is 0 Å². The van der Waals surface area contributed by atoms with E-state index in [2.05, 4.69) is 6.92 Å². The molecule has 1 unspecified atom stereocenters. The Labute approximate surface area is 117 Å². The minimum Gasteiger partial charge on any atom is -0.379 e. The Balaban J connectivity index is 2.37. The molecule has 0 amide bonds. The maximum atomic E-state index is 13.0. The first-order chi connectivity index (χ1) is 9.56. The number of ether oxygens (including phenoxy) is 2. The van der Waals surface area contributed by atoms with Crippen molar-refractivity contribution in [3.63, 3.8) is 0 Å². The van der Waals surface area contributed by atoms with E-state index in [1.807, 2.05) is 0 Å². The van der Waals surface area contributed by atoms with Crippen molar-refractivity contribution in [3.05, 3.63) is 35.4 Å². The zero-order chi connectivity index (χ0) is 15.0. The molecule has 0 aromatic heterocycles. The first kappa shape index (κ1) is 16.7. The van der Waals surface area contributed by atoms with Crippen LogP contribution in [0, 0.1) is 11.6 Å². The largest absolute Gasteiger partial charge is 0.379 e. The van der Waals surface area contributed by atoms with Crippen LogP contribution in [0.1, 0.15) is 37.0 Å². The molecule has 0 heterocycles. The molecule has 112 valence electrons. The molecule has 5 heteroatoms. The zero-order valence-electron chi connectivity index (χ0n) is 11.8. The first-order valence-corrected chi connectivity index (χ1v) is 6.74. The van der Waals surface area contributed by atoms with Crippen LogP contribution in [0.25, 0.3) is 0 Å².